The third-order valence-electron chi connectivity index (χ3n) is 7.53. The molecule has 0 saturated carbocycles. The highest BCUT2D eigenvalue weighted by molar-refractivity contribution is 5.97. The van der Waals surface area contributed by atoms with Crippen LogP contribution in [0.5, 0.6) is 0 Å². The summed E-state index contributed by atoms with van der Waals surface area (Å²) in [5.74, 6) is 1.13. The first-order valence-corrected chi connectivity index (χ1v) is 12.2. The van der Waals surface area contributed by atoms with Crippen molar-refractivity contribution in [1.29, 1.82) is 5.26 Å². The molecule has 0 aliphatic carbocycles. The maximum atomic E-state index is 13.1. The molecule has 5 rings (SSSR count). The smallest absolute Gasteiger partial charge is 0.253 e. The molecule has 1 aromatic heterocycles. The number of carbonyl (C=O) groups is 2. The van der Waals surface area contributed by atoms with Crippen molar-refractivity contribution < 1.29 is 9.59 Å². The van der Waals surface area contributed by atoms with Gasteiger partial charge in [-0.15, -0.1) is 0 Å². The van der Waals surface area contributed by atoms with Crippen molar-refractivity contribution in [3.63, 3.8) is 0 Å². The van der Waals surface area contributed by atoms with Crippen molar-refractivity contribution in [1.82, 2.24) is 25.2 Å². The fourth-order valence-electron chi connectivity index (χ4n) is 5.58. The molecule has 0 bridgehead atoms. The number of nitrogens with zero attached hydrogens (tertiary/aromatic N) is 5. The van der Waals surface area contributed by atoms with Crippen LogP contribution in [0.4, 0.5) is 0 Å². The summed E-state index contributed by atoms with van der Waals surface area (Å²) in [5, 5.41) is 20.1. The zero-order valence-electron chi connectivity index (χ0n) is 20.4. The Balaban J connectivity index is 1.18. The Morgan fingerprint density at radius 2 is 1.74 bits per heavy atom. The predicted molar refractivity (Wildman–Crippen MR) is 132 cm³/mol. The fourth-order valence-corrected chi connectivity index (χ4v) is 5.58. The van der Waals surface area contributed by atoms with Crippen LogP contribution in [0.1, 0.15) is 58.8 Å². The van der Waals surface area contributed by atoms with Crippen LogP contribution >= 0.6 is 0 Å². The number of aromatic nitrogens is 3. The number of rotatable bonds is 5. The Bertz CT molecular complexity index is 1320. The van der Waals surface area contributed by atoms with E-state index in [1.165, 1.54) is 0 Å². The van der Waals surface area contributed by atoms with E-state index in [1.54, 1.807) is 12.1 Å². The average molecular weight is 471 g/mol. The topological polar surface area (TPSA) is 106 Å². The molecule has 2 aromatic carbocycles. The molecule has 1 N–H and O–H groups in total. The van der Waals surface area contributed by atoms with Crippen LogP contribution in [0, 0.1) is 30.1 Å². The van der Waals surface area contributed by atoms with E-state index in [1.807, 2.05) is 28.9 Å². The van der Waals surface area contributed by atoms with Crippen LogP contribution in [0.3, 0.4) is 0 Å². The second kappa shape index (κ2) is 9.14. The van der Waals surface area contributed by atoms with E-state index in [4.69, 9.17) is 0 Å². The highest BCUT2D eigenvalue weighted by Crippen LogP contribution is 2.33. The number of fused-ring (bicyclic) bond motifs is 2. The van der Waals surface area contributed by atoms with Gasteiger partial charge in [0.1, 0.15) is 11.0 Å². The van der Waals surface area contributed by atoms with Gasteiger partial charge in [0.25, 0.3) is 5.91 Å². The number of likely N-dealkylation sites (tertiary alicyclic amines) is 2. The summed E-state index contributed by atoms with van der Waals surface area (Å²) in [5.41, 5.74) is 6.02. The number of hydrogen-bond donors (Lipinski definition) is 1. The zero-order valence-corrected chi connectivity index (χ0v) is 20.4. The lowest BCUT2D eigenvalue weighted by atomic mass is 9.90. The number of benzene rings is 2. The van der Waals surface area contributed by atoms with Crippen molar-refractivity contribution in [2.24, 2.45) is 11.8 Å². The van der Waals surface area contributed by atoms with E-state index < -0.39 is 0 Å². The summed E-state index contributed by atoms with van der Waals surface area (Å²) in [6, 6.07) is 11.7. The molecule has 2 saturated heterocycles. The summed E-state index contributed by atoms with van der Waals surface area (Å²) in [6.45, 7) is 8.96. The lowest BCUT2D eigenvalue weighted by Gasteiger charge is -2.22. The zero-order chi connectivity index (χ0) is 24.7. The molecule has 0 radical (unpaired) electrons. The van der Waals surface area contributed by atoms with Gasteiger partial charge in [-0.1, -0.05) is 19.9 Å². The van der Waals surface area contributed by atoms with Gasteiger partial charge in [-0.2, -0.15) is 20.7 Å². The predicted octanol–water partition coefficient (Wildman–Crippen LogP) is 3.42. The second-order valence-electron chi connectivity index (χ2n) is 10.2. The van der Waals surface area contributed by atoms with Gasteiger partial charge >= 0.3 is 0 Å². The number of H-pyrrole nitrogens is 1. The van der Waals surface area contributed by atoms with Crippen LogP contribution in [0.25, 0.3) is 11.0 Å². The monoisotopic (exact) mass is 470 g/mol. The van der Waals surface area contributed by atoms with Gasteiger partial charge in [0, 0.05) is 50.0 Å². The van der Waals surface area contributed by atoms with Crippen LogP contribution < -0.4 is 0 Å². The van der Waals surface area contributed by atoms with Crippen molar-refractivity contribution in [2.75, 3.05) is 26.2 Å². The van der Waals surface area contributed by atoms with Crippen LogP contribution in [-0.4, -0.2) is 63.2 Å². The molecule has 8 nitrogen and oxygen atoms in total. The SMILES string of the molecule is Cc1cc(CCC(=O)N2CC3CN(C(=O)c4ccc5n[nH]nc5c4)CC3C2)c(C(C)C)cc1C#N. The number of aromatic amines is 1. The number of hydrogen-bond acceptors (Lipinski definition) is 5. The first-order valence-electron chi connectivity index (χ1n) is 12.2. The molecule has 2 aliphatic rings. The standard InChI is InChI=1S/C27H30N6O2/c1-16(2)23-9-20(11-28)17(3)8-18(23)5-7-26(34)32-12-21-14-33(15-22(21)13-32)27(35)19-4-6-24-25(10-19)30-31-29-24/h4,6,8-10,16,21-22H,5,7,12-15H2,1-3H3,(H,29,30,31). The number of nitriles is 1. The highest BCUT2D eigenvalue weighted by atomic mass is 16.2. The van der Waals surface area contributed by atoms with E-state index in [0.717, 1.165) is 22.2 Å². The van der Waals surface area contributed by atoms with E-state index in [0.29, 0.717) is 73.4 Å². The van der Waals surface area contributed by atoms with Crippen molar-refractivity contribution >= 4 is 22.8 Å². The number of carbonyl (C=O) groups excluding carboxylic acids is 2. The lowest BCUT2D eigenvalue weighted by molar-refractivity contribution is -0.130. The molecule has 3 heterocycles. The Morgan fingerprint density at radius 1 is 1.06 bits per heavy atom. The van der Waals surface area contributed by atoms with E-state index in [9.17, 15) is 14.9 Å². The van der Waals surface area contributed by atoms with E-state index in [-0.39, 0.29) is 11.8 Å². The molecular weight excluding hydrogens is 440 g/mol. The second-order valence-corrected chi connectivity index (χ2v) is 10.2. The maximum Gasteiger partial charge on any atom is 0.253 e. The first-order chi connectivity index (χ1) is 16.8. The van der Waals surface area contributed by atoms with Gasteiger partial charge in [0.2, 0.25) is 5.91 Å². The molecule has 2 amide bonds. The molecular formula is C27H30N6O2. The summed E-state index contributed by atoms with van der Waals surface area (Å²) < 4.78 is 0. The molecule has 2 aliphatic heterocycles. The minimum absolute atomic E-state index is 0.0135. The molecule has 2 atom stereocenters. The molecule has 8 heteroatoms. The molecule has 2 fully saturated rings. The van der Waals surface area contributed by atoms with Gasteiger partial charge < -0.3 is 9.80 Å². The third kappa shape index (κ3) is 4.39. The maximum absolute atomic E-state index is 13.1. The van der Waals surface area contributed by atoms with Gasteiger partial charge in [0.15, 0.2) is 0 Å². The molecule has 35 heavy (non-hydrogen) atoms. The molecule has 2 unspecified atom stereocenters. The lowest BCUT2D eigenvalue weighted by Crippen LogP contribution is -2.35. The van der Waals surface area contributed by atoms with Gasteiger partial charge in [0.05, 0.1) is 11.6 Å². The minimum atomic E-state index is 0.0135. The minimum Gasteiger partial charge on any atom is -0.342 e. The van der Waals surface area contributed by atoms with Crippen molar-refractivity contribution in [2.45, 2.75) is 39.5 Å². The number of aryl methyl sites for hydroxylation is 2. The Morgan fingerprint density at radius 3 is 2.43 bits per heavy atom. The summed E-state index contributed by atoms with van der Waals surface area (Å²) >= 11 is 0. The van der Waals surface area contributed by atoms with Gasteiger partial charge in [-0.05, 0) is 60.2 Å². The van der Waals surface area contributed by atoms with Crippen molar-refractivity contribution in [3.8, 4) is 6.07 Å². The highest BCUT2D eigenvalue weighted by Gasteiger charge is 2.43. The van der Waals surface area contributed by atoms with Crippen molar-refractivity contribution in [3.05, 3.63) is 58.1 Å². The van der Waals surface area contributed by atoms with Crippen LogP contribution in [0.2, 0.25) is 0 Å². The number of nitrogens with one attached hydrogen (secondary N) is 1. The normalized spacial score (nSPS) is 19.4. The largest absolute Gasteiger partial charge is 0.342 e. The molecule has 180 valence electrons. The fraction of sp³-hybridized carbons (Fsp3) is 0.444. The quantitative estimate of drug-likeness (QED) is 0.615. The summed E-state index contributed by atoms with van der Waals surface area (Å²) in [6.07, 6.45) is 1.14. The Labute approximate surface area is 204 Å². The number of amides is 2. The van der Waals surface area contributed by atoms with Crippen LogP contribution in [-0.2, 0) is 11.2 Å². The molecule has 3 aromatic rings. The first kappa shape index (κ1) is 23.0. The van der Waals surface area contributed by atoms with Crippen LogP contribution in [0.15, 0.2) is 30.3 Å². The average Bonchev–Trinajstić information content (AvgIpc) is 3.56. The third-order valence-corrected chi connectivity index (χ3v) is 7.53. The van der Waals surface area contributed by atoms with E-state index >= 15 is 0 Å². The summed E-state index contributed by atoms with van der Waals surface area (Å²) in [7, 11) is 0. The molecule has 0 spiro atoms. The Kier molecular flexibility index (Phi) is 6.01. The van der Waals surface area contributed by atoms with Gasteiger partial charge in [-0.3, -0.25) is 9.59 Å². The van der Waals surface area contributed by atoms with Gasteiger partial charge in [-0.25, -0.2) is 0 Å². The van der Waals surface area contributed by atoms with E-state index in [2.05, 4.69) is 41.4 Å². The summed E-state index contributed by atoms with van der Waals surface area (Å²) in [4.78, 5) is 30.0. The Hall–Kier alpha value is -3.73.